The summed E-state index contributed by atoms with van der Waals surface area (Å²) in [6.07, 6.45) is 2.71. The number of nitrogens with one attached hydrogen (secondary N) is 2. The molecule has 0 radical (unpaired) electrons. The molecule has 0 spiro atoms. The zero-order chi connectivity index (χ0) is 12.8. The molecule has 1 aromatic heterocycles. The second-order valence-electron chi connectivity index (χ2n) is 3.37. The number of aromatic amines is 1. The van der Waals surface area contributed by atoms with Crippen LogP contribution in [0.4, 0.5) is 0 Å². The van der Waals surface area contributed by atoms with E-state index in [1.165, 1.54) is 25.4 Å². The van der Waals surface area contributed by atoms with Crippen molar-refractivity contribution in [3.8, 4) is 0 Å². The number of esters is 1. The summed E-state index contributed by atoms with van der Waals surface area (Å²) in [5.74, 6) is -1.14. The number of carbonyl (C=O) groups is 2. The van der Waals surface area contributed by atoms with E-state index in [0.717, 1.165) is 0 Å². The molecule has 0 saturated carbocycles. The van der Waals surface area contributed by atoms with Crippen molar-refractivity contribution in [1.82, 2.24) is 10.3 Å². The third-order valence-corrected chi connectivity index (χ3v) is 2.06. The summed E-state index contributed by atoms with van der Waals surface area (Å²) >= 11 is 0. The molecule has 0 aliphatic rings. The van der Waals surface area contributed by atoms with Crippen molar-refractivity contribution in [3.63, 3.8) is 0 Å². The molecule has 6 nitrogen and oxygen atoms in total. The number of ether oxygens (including phenoxy) is 1. The van der Waals surface area contributed by atoms with E-state index in [-0.39, 0.29) is 12.2 Å². The lowest BCUT2D eigenvalue weighted by atomic mass is 10.2. The molecule has 1 rings (SSSR count). The first-order chi connectivity index (χ1) is 8.06. The van der Waals surface area contributed by atoms with Crippen LogP contribution in [0.2, 0.25) is 0 Å². The highest BCUT2D eigenvalue weighted by atomic mass is 16.5. The molecule has 1 amide bonds. The summed E-state index contributed by atoms with van der Waals surface area (Å²) in [6, 6.07) is 0.450. The molecule has 0 aliphatic heterocycles. The third kappa shape index (κ3) is 3.44. The molecule has 1 unspecified atom stereocenters. The van der Waals surface area contributed by atoms with Crippen LogP contribution in [0.1, 0.15) is 24.2 Å². The molecular formula is C11H14N2O4. The van der Waals surface area contributed by atoms with Crippen LogP contribution >= 0.6 is 0 Å². The zero-order valence-corrected chi connectivity index (χ0v) is 9.65. The summed E-state index contributed by atoms with van der Waals surface area (Å²) in [5.41, 5.74) is -0.444. The minimum absolute atomic E-state index is 0.0383. The molecule has 0 fully saturated rings. The normalized spacial score (nSPS) is 11.6. The Bertz CT molecular complexity index is 467. The van der Waals surface area contributed by atoms with E-state index >= 15 is 0 Å². The van der Waals surface area contributed by atoms with E-state index in [0.29, 0.717) is 0 Å². The zero-order valence-electron chi connectivity index (χ0n) is 9.65. The van der Waals surface area contributed by atoms with E-state index in [1.54, 1.807) is 6.92 Å². The van der Waals surface area contributed by atoms with Gasteiger partial charge in [-0.25, -0.2) is 4.79 Å². The Balaban J connectivity index is 2.70. The predicted octanol–water partition coefficient (Wildman–Crippen LogP) is 0.0563. The summed E-state index contributed by atoms with van der Waals surface area (Å²) in [5, 5.41) is 2.39. The molecule has 17 heavy (non-hydrogen) atoms. The van der Waals surface area contributed by atoms with Crippen LogP contribution < -0.4 is 10.7 Å². The van der Waals surface area contributed by atoms with Gasteiger partial charge in [-0.3, -0.25) is 9.59 Å². The standard InChI is InChI=1S/C11H14N2O4/c1-3-17-11(16)7(2)13-10(15)8-6-12-5-4-9(8)14/h4-7H,3H2,1-2H3,(H,12,14)(H,13,15). The molecule has 0 bridgehead atoms. The molecule has 0 aromatic carbocycles. The van der Waals surface area contributed by atoms with Gasteiger partial charge in [0.25, 0.3) is 5.91 Å². The molecular weight excluding hydrogens is 224 g/mol. The predicted molar refractivity (Wildman–Crippen MR) is 60.6 cm³/mol. The van der Waals surface area contributed by atoms with Crippen molar-refractivity contribution in [2.24, 2.45) is 0 Å². The van der Waals surface area contributed by atoms with Crippen LogP contribution in [0.25, 0.3) is 0 Å². The monoisotopic (exact) mass is 238 g/mol. The van der Waals surface area contributed by atoms with E-state index in [9.17, 15) is 14.4 Å². The highest BCUT2D eigenvalue weighted by Gasteiger charge is 2.18. The Hall–Kier alpha value is -2.11. The summed E-state index contributed by atoms with van der Waals surface area (Å²) in [7, 11) is 0. The molecule has 1 heterocycles. The SMILES string of the molecule is CCOC(=O)C(C)NC(=O)c1c[nH]ccc1=O. The second kappa shape index (κ2) is 5.83. The molecule has 2 N–H and O–H groups in total. The van der Waals surface area contributed by atoms with Gasteiger partial charge in [0.2, 0.25) is 0 Å². The van der Waals surface area contributed by atoms with Crippen molar-refractivity contribution in [3.05, 3.63) is 34.2 Å². The first-order valence-corrected chi connectivity index (χ1v) is 5.21. The molecule has 6 heteroatoms. The molecule has 0 saturated heterocycles. The number of H-pyrrole nitrogens is 1. The van der Waals surface area contributed by atoms with Gasteiger partial charge in [0.1, 0.15) is 11.6 Å². The Morgan fingerprint density at radius 3 is 2.82 bits per heavy atom. The van der Waals surface area contributed by atoms with Crippen LogP contribution in [-0.2, 0) is 9.53 Å². The number of rotatable bonds is 4. The molecule has 1 atom stereocenters. The average molecular weight is 238 g/mol. The highest BCUT2D eigenvalue weighted by Crippen LogP contribution is 1.93. The van der Waals surface area contributed by atoms with E-state index in [1.807, 2.05) is 0 Å². The minimum Gasteiger partial charge on any atom is -0.464 e. The van der Waals surface area contributed by atoms with Crippen molar-refractivity contribution in [2.45, 2.75) is 19.9 Å². The van der Waals surface area contributed by atoms with Gasteiger partial charge in [-0.05, 0) is 13.8 Å². The van der Waals surface area contributed by atoms with Gasteiger partial charge in [0.05, 0.1) is 6.61 Å². The topological polar surface area (TPSA) is 88.3 Å². The number of aromatic nitrogens is 1. The van der Waals surface area contributed by atoms with Crippen LogP contribution in [0, 0.1) is 0 Å². The maximum Gasteiger partial charge on any atom is 0.328 e. The number of hydrogen-bond acceptors (Lipinski definition) is 4. The van der Waals surface area contributed by atoms with Crippen LogP contribution in [-0.4, -0.2) is 29.5 Å². The fourth-order valence-corrected chi connectivity index (χ4v) is 1.19. The Morgan fingerprint density at radius 1 is 1.53 bits per heavy atom. The van der Waals surface area contributed by atoms with E-state index in [2.05, 4.69) is 10.3 Å². The number of carbonyl (C=O) groups excluding carboxylic acids is 2. The lowest BCUT2D eigenvalue weighted by molar-refractivity contribution is -0.144. The van der Waals surface area contributed by atoms with Gasteiger partial charge >= 0.3 is 5.97 Å². The van der Waals surface area contributed by atoms with Gasteiger partial charge in [-0.2, -0.15) is 0 Å². The van der Waals surface area contributed by atoms with Gasteiger partial charge in [-0.15, -0.1) is 0 Å². The van der Waals surface area contributed by atoms with Crippen LogP contribution in [0.3, 0.4) is 0 Å². The number of pyridine rings is 1. The molecule has 1 aromatic rings. The van der Waals surface area contributed by atoms with Crippen molar-refractivity contribution in [2.75, 3.05) is 6.61 Å². The largest absolute Gasteiger partial charge is 0.464 e. The van der Waals surface area contributed by atoms with Gasteiger partial charge in [-0.1, -0.05) is 0 Å². The summed E-state index contributed by atoms with van der Waals surface area (Å²) in [6.45, 7) is 3.41. The first-order valence-electron chi connectivity index (χ1n) is 5.21. The van der Waals surface area contributed by atoms with Gasteiger partial charge in [0, 0.05) is 18.5 Å². The quantitative estimate of drug-likeness (QED) is 0.726. The Kier molecular flexibility index (Phi) is 4.45. The minimum atomic E-state index is -0.790. The molecule has 0 aliphatic carbocycles. The van der Waals surface area contributed by atoms with Crippen LogP contribution in [0.5, 0.6) is 0 Å². The fourth-order valence-electron chi connectivity index (χ4n) is 1.19. The summed E-state index contributed by atoms with van der Waals surface area (Å²) in [4.78, 5) is 36.9. The van der Waals surface area contributed by atoms with E-state index in [4.69, 9.17) is 4.74 Å². The summed E-state index contributed by atoms with van der Waals surface area (Å²) < 4.78 is 4.73. The second-order valence-corrected chi connectivity index (χ2v) is 3.37. The number of hydrogen-bond donors (Lipinski definition) is 2. The van der Waals surface area contributed by atoms with E-state index < -0.39 is 23.3 Å². The maximum atomic E-state index is 11.6. The Morgan fingerprint density at radius 2 is 2.24 bits per heavy atom. The lowest BCUT2D eigenvalue weighted by Crippen LogP contribution is -2.41. The van der Waals surface area contributed by atoms with Crippen molar-refractivity contribution < 1.29 is 14.3 Å². The van der Waals surface area contributed by atoms with Crippen molar-refractivity contribution >= 4 is 11.9 Å². The fraction of sp³-hybridized carbons (Fsp3) is 0.364. The smallest absolute Gasteiger partial charge is 0.328 e. The third-order valence-electron chi connectivity index (χ3n) is 2.06. The van der Waals surface area contributed by atoms with Gasteiger partial charge < -0.3 is 15.0 Å². The van der Waals surface area contributed by atoms with Crippen LogP contribution in [0.15, 0.2) is 23.3 Å². The first kappa shape index (κ1) is 13.0. The average Bonchev–Trinajstić information content (AvgIpc) is 2.29. The number of amides is 1. The maximum absolute atomic E-state index is 11.6. The lowest BCUT2D eigenvalue weighted by Gasteiger charge is -2.11. The van der Waals surface area contributed by atoms with Gasteiger partial charge in [0.15, 0.2) is 5.43 Å². The molecule has 92 valence electrons. The van der Waals surface area contributed by atoms with Crippen molar-refractivity contribution in [1.29, 1.82) is 0 Å². The Labute approximate surface area is 98.0 Å². The highest BCUT2D eigenvalue weighted by molar-refractivity contribution is 5.96.